The first-order valence-electron chi connectivity index (χ1n) is 18.4. The number of halogens is 1. The van der Waals surface area contributed by atoms with Gasteiger partial charge in [0.2, 0.25) is 11.9 Å². The molecule has 0 unspecified atom stereocenters. The Morgan fingerprint density at radius 2 is 1.66 bits per heavy atom. The molecule has 5 fully saturated rings. The molecule has 0 spiro atoms. The average Bonchev–Trinajstić information content (AvgIpc) is 3.10. The van der Waals surface area contributed by atoms with Crippen LogP contribution in [-0.4, -0.2) is 65.8 Å². The summed E-state index contributed by atoms with van der Waals surface area (Å²) in [6.07, 6.45) is 13.2. The summed E-state index contributed by atoms with van der Waals surface area (Å²) in [5, 5.41) is 10.3. The number of hydrogen-bond donors (Lipinski definition) is 3. The summed E-state index contributed by atoms with van der Waals surface area (Å²) in [4.78, 5) is 38.5. The predicted molar refractivity (Wildman–Crippen MR) is 201 cm³/mol. The number of nitrogens with one attached hydrogen (secondary N) is 3. The second-order valence-corrected chi connectivity index (χ2v) is 15.6. The number of rotatable bonds is 15. The van der Waals surface area contributed by atoms with Gasteiger partial charge in [-0.05, 0) is 116 Å². The fraction of sp³-hybridized carbons (Fsp3) is 0.500. The maximum absolute atomic E-state index is 12.9. The van der Waals surface area contributed by atoms with Crippen molar-refractivity contribution in [2.75, 3.05) is 54.8 Å². The van der Waals surface area contributed by atoms with Gasteiger partial charge in [-0.3, -0.25) is 14.5 Å². The molecule has 50 heavy (non-hydrogen) atoms. The van der Waals surface area contributed by atoms with Gasteiger partial charge in [0.05, 0.1) is 6.20 Å². The van der Waals surface area contributed by atoms with Crippen LogP contribution in [0, 0.1) is 23.2 Å². The van der Waals surface area contributed by atoms with Crippen LogP contribution in [0.3, 0.4) is 0 Å². The summed E-state index contributed by atoms with van der Waals surface area (Å²) in [7, 11) is 0. The lowest BCUT2D eigenvalue weighted by Crippen LogP contribution is -2.48. The SMILES string of the molecule is C=CC(=O)Cc1cccc(CNc2nc(Nc3ccc(N4CCN(CCCNC(=O)CC56CC7CC(CC(C7)C5)C6)CC4)cc3)ncc2Cl)c1. The lowest BCUT2D eigenvalue weighted by Gasteiger charge is -2.56. The Morgan fingerprint density at radius 3 is 2.36 bits per heavy atom. The monoisotopic (exact) mass is 695 g/mol. The van der Waals surface area contributed by atoms with E-state index in [0.29, 0.717) is 35.2 Å². The number of hydrogen-bond acceptors (Lipinski definition) is 8. The lowest BCUT2D eigenvalue weighted by atomic mass is 9.49. The van der Waals surface area contributed by atoms with Crippen LogP contribution in [0.4, 0.5) is 23.1 Å². The first-order chi connectivity index (χ1) is 24.3. The van der Waals surface area contributed by atoms with Crippen molar-refractivity contribution < 1.29 is 9.59 Å². The van der Waals surface area contributed by atoms with Crippen molar-refractivity contribution in [1.82, 2.24) is 20.2 Å². The van der Waals surface area contributed by atoms with E-state index in [1.165, 1.54) is 50.3 Å². The fourth-order valence-electron chi connectivity index (χ4n) is 9.41. The van der Waals surface area contributed by atoms with E-state index in [9.17, 15) is 9.59 Å². The van der Waals surface area contributed by atoms with Gasteiger partial charge in [-0.25, -0.2) is 4.98 Å². The highest BCUT2D eigenvalue weighted by Crippen LogP contribution is 2.61. The Hall–Kier alpha value is -3.95. The fourth-order valence-corrected chi connectivity index (χ4v) is 9.57. The molecular formula is C40H50ClN7O2. The van der Waals surface area contributed by atoms with Crippen LogP contribution in [-0.2, 0) is 22.6 Å². The molecule has 4 saturated carbocycles. The molecule has 5 aliphatic rings. The summed E-state index contributed by atoms with van der Waals surface area (Å²) >= 11 is 6.41. The third-order valence-electron chi connectivity index (χ3n) is 11.3. The summed E-state index contributed by atoms with van der Waals surface area (Å²) in [6.45, 7) is 9.87. The van der Waals surface area contributed by atoms with Gasteiger partial charge < -0.3 is 20.9 Å². The van der Waals surface area contributed by atoms with Crippen LogP contribution in [0.2, 0.25) is 5.02 Å². The van der Waals surface area contributed by atoms with Crippen LogP contribution >= 0.6 is 11.6 Å². The standard InChI is InChI=1S/C40H50ClN7O2/c1-2-35(49)21-28-5-3-6-29(17-28)26-43-38-36(41)27-44-39(46-38)45-33-7-9-34(10-8-33)48-15-13-47(14-16-48)12-4-11-42-37(50)25-40-22-30-18-31(23-40)20-32(19-30)24-40/h2-3,5-10,17,27,30-32H,1,4,11-16,18-26H2,(H,42,50)(H2,43,44,45,46). The molecule has 9 nitrogen and oxygen atoms in total. The van der Waals surface area contributed by atoms with Gasteiger partial charge in [-0.1, -0.05) is 42.4 Å². The number of carbonyl (C=O) groups is 2. The number of ketones is 1. The minimum Gasteiger partial charge on any atom is -0.369 e. The number of nitrogens with zero attached hydrogens (tertiary/aromatic N) is 4. The Bertz CT molecular complexity index is 1640. The van der Waals surface area contributed by atoms with Crippen LogP contribution in [0.15, 0.2) is 67.4 Å². The van der Waals surface area contributed by atoms with E-state index >= 15 is 0 Å². The molecule has 3 N–H and O–H groups in total. The van der Waals surface area contributed by atoms with E-state index in [2.05, 4.69) is 66.6 Å². The quantitative estimate of drug-likeness (QED) is 0.115. The molecule has 8 rings (SSSR count). The van der Waals surface area contributed by atoms with Crippen molar-refractivity contribution in [3.63, 3.8) is 0 Å². The maximum atomic E-state index is 12.9. The average molecular weight is 696 g/mol. The smallest absolute Gasteiger partial charge is 0.229 e. The van der Waals surface area contributed by atoms with Crippen molar-refractivity contribution in [2.45, 2.75) is 64.3 Å². The summed E-state index contributed by atoms with van der Waals surface area (Å²) in [5.41, 5.74) is 4.37. The number of aromatic nitrogens is 2. The second kappa shape index (κ2) is 15.5. The van der Waals surface area contributed by atoms with Gasteiger partial charge in [0.1, 0.15) is 5.02 Å². The first-order valence-corrected chi connectivity index (χ1v) is 18.8. The van der Waals surface area contributed by atoms with Crippen molar-refractivity contribution >= 4 is 46.4 Å². The van der Waals surface area contributed by atoms with Crippen LogP contribution in [0.1, 0.15) is 62.5 Å². The van der Waals surface area contributed by atoms with Crippen molar-refractivity contribution in [1.29, 1.82) is 0 Å². The Labute approximate surface area is 301 Å². The third kappa shape index (κ3) is 8.67. The topological polar surface area (TPSA) is 102 Å². The van der Waals surface area contributed by atoms with Gasteiger partial charge in [0.25, 0.3) is 0 Å². The molecule has 1 aliphatic heterocycles. The van der Waals surface area contributed by atoms with E-state index in [4.69, 9.17) is 11.6 Å². The highest BCUT2D eigenvalue weighted by molar-refractivity contribution is 6.32. The number of amides is 1. The van der Waals surface area contributed by atoms with Crippen molar-refractivity contribution in [2.24, 2.45) is 23.2 Å². The molecule has 2 aromatic carbocycles. The minimum atomic E-state index is -0.00818. The van der Waals surface area contributed by atoms with Gasteiger partial charge in [0, 0.05) is 63.5 Å². The van der Waals surface area contributed by atoms with E-state index < -0.39 is 0 Å². The molecule has 2 heterocycles. The molecule has 264 valence electrons. The molecule has 4 aliphatic carbocycles. The van der Waals surface area contributed by atoms with Gasteiger partial charge in [-0.15, -0.1) is 0 Å². The predicted octanol–water partition coefficient (Wildman–Crippen LogP) is 7.02. The molecule has 1 aromatic heterocycles. The summed E-state index contributed by atoms with van der Waals surface area (Å²) < 4.78 is 0. The minimum absolute atomic E-state index is 0.00818. The Kier molecular flexibility index (Phi) is 10.7. The number of benzene rings is 2. The van der Waals surface area contributed by atoms with E-state index in [-0.39, 0.29) is 11.7 Å². The van der Waals surface area contributed by atoms with E-state index in [0.717, 1.165) is 86.7 Å². The first kappa shape index (κ1) is 34.5. The van der Waals surface area contributed by atoms with Gasteiger partial charge in [-0.2, -0.15) is 4.98 Å². The Morgan fingerprint density at radius 1 is 0.960 bits per heavy atom. The van der Waals surface area contributed by atoms with Crippen molar-refractivity contribution in [3.05, 3.63) is 83.5 Å². The number of allylic oxidation sites excluding steroid dienone is 1. The molecular weight excluding hydrogens is 646 g/mol. The maximum Gasteiger partial charge on any atom is 0.229 e. The Balaban J connectivity index is 0.820. The second-order valence-electron chi connectivity index (χ2n) is 15.2. The summed E-state index contributed by atoms with van der Waals surface area (Å²) in [6, 6.07) is 16.2. The highest BCUT2D eigenvalue weighted by Gasteiger charge is 2.51. The number of carbonyl (C=O) groups excluding carboxylic acids is 2. The number of anilines is 4. The molecule has 0 radical (unpaired) electrons. The van der Waals surface area contributed by atoms with E-state index in [1.807, 2.05) is 24.3 Å². The van der Waals surface area contributed by atoms with Crippen LogP contribution in [0.25, 0.3) is 0 Å². The molecule has 1 amide bonds. The molecule has 0 atom stereocenters. The zero-order valence-corrected chi connectivity index (χ0v) is 29.8. The molecule has 1 saturated heterocycles. The van der Waals surface area contributed by atoms with Crippen molar-refractivity contribution in [3.8, 4) is 0 Å². The van der Waals surface area contributed by atoms with Gasteiger partial charge >= 0.3 is 0 Å². The zero-order valence-electron chi connectivity index (χ0n) is 29.0. The summed E-state index contributed by atoms with van der Waals surface area (Å²) in [5.74, 6) is 3.95. The number of piperazine rings is 1. The molecule has 3 aromatic rings. The largest absolute Gasteiger partial charge is 0.369 e. The lowest BCUT2D eigenvalue weighted by molar-refractivity contribution is -0.129. The third-order valence-corrected chi connectivity index (χ3v) is 11.6. The molecule has 10 heteroatoms. The normalized spacial score (nSPS) is 24.2. The zero-order chi connectivity index (χ0) is 34.5. The van der Waals surface area contributed by atoms with Crippen LogP contribution in [0.5, 0.6) is 0 Å². The molecule has 4 bridgehead atoms. The van der Waals surface area contributed by atoms with Crippen LogP contribution < -0.4 is 20.9 Å². The van der Waals surface area contributed by atoms with E-state index in [1.54, 1.807) is 6.20 Å². The highest BCUT2D eigenvalue weighted by atomic mass is 35.5. The van der Waals surface area contributed by atoms with Gasteiger partial charge in [0.15, 0.2) is 11.6 Å².